The number of halogens is 1. The summed E-state index contributed by atoms with van der Waals surface area (Å²) in [5.74, 6) is -0.00815. The van der Waals surface area contributed by atoms with E-state index in [0.29, 0.717) is 5.56 Å². The molecule has 0 aliphatic carbocycles. The fourth-order valence-electron chi connectivity index (χ4n) is 1.14. The zero-order chi connectivity index (χ0) is 10.6. The van der Waals surface area contributed by atoms with E-state index in [9.17, 15) is 8.42 Å². The van der Waals surface area contributed by atoms with E-state index in [1.165, 1.54) is 0 Å². The highest BCUT2D eigenvalue weighted by Gasteiger charge is 2.03. The quantitative estimate of drug-likeness (QED) is 0.852. The van der Waals surface area contributed by atoms with Crippen molar-refractivity contribution in [1.82, 2.24) is 0 Å². The fourth-order valence-corrected chi connectivity index (χ4v) is 2.12. The second-order valence-electron chi connectivity index (χ2n) is 2.74. The molecule has 1 rings (SSSR count). The zero-order valence-corrected chi connectivity index (χ0v) is 9.72. The highest BCUT2D eigenvalue weighted by molar-refractivity contribution is 9.10. The number of nitrogens with zero attached hydrogens (tertiary/aromatic N) is 1. The summed E-state index contributed by atoms with van der Waals surface area (Å²) in [6.07, 6.45) is 0.242. The molecule has 0 radical (unpaired) electrons. The third-order valence-electron chi connectivity index (χ3n) is 1.74. The van der Waals surface area contributed by atoms with E-state index >= 15 is 0 Å². The van der Waals surface area contributed by atoms with Crippen LogP contribution in [0, 0.1) is 11.3 Å². The Labute approximate surface area is 92.4 Å². The molecule has 0 unspecified atom stereocenters. The summed E-state index contributed by atoms with van der Waals surface area (Å²) in [5, 5.41) is 8.53. The lowest BCUT2D eigenvalue weighted by molar-refractivity contribution is 0.613. The Kier molecular flexibility index (Phi) is 4.11. The molecule has 0 fully saturated rings. The molecule has 14 heavy (non-hydrogen) atoms. The van der Waals surface area contributed by atoms with E-state index in [4.69, 9.17) is 5.26 Å². The summed E-state index contributed by atoms with van der Waals surface area (Å²) in [7, 11) is -2.45. The van der Waals surface area contributed by atoms with Crippen LogP contribution in [0.4, 0.5) is 0 Å². The van der Waals surface area contributed by atoms with Crippen molar-refractivity contribution in [3.63, 3.8) is 0 Å². The van der Waals surface area contributed by atoms with Gasteiger partial charge < -0.3 is 0 Å². The van der Waals surface area contributed by atoms with E-state index in [-0.39, 0.29) is 12.2 Å². The molecule has 0 bridgehead atoms. The topological polar surface area (TPSA) is 57.9 Å². The summed E-state index contributed by atoms with van der Waals surface area (Å²) >= 11 is 3.26. The fraction of sp³-hybridized carbons (Fsp3) is 0.222. The second kappa shape index (κ2) is 5.13. The van der Waals surface area contributed by atoms with Crippen LogP contribution < -0.4 is 0 Å². The van der Waals surface area contributed by atoms with Crippen LogP contribution >= 0.6 is 15.9 Å². The van der Waals surface area contributed by atoms with Gasteiger partial charge in [-0.05, 0) is 23.3 Å². The van der Waals surface area contributed by atoms with Crippen molar-refractivity contribution in [2.24, 2.45) is 0 Å². The first kappa shape index (κ1) is 11.2. The Morgan fingerprint density at radius 1 is 1.36 bits per heavy atom. The summed E-state index contributed by atoms with van der Waals surface area (Å²) in [5.41, 5.74) is 1.46. The molecule has 0 spiro atoms. The smallest absolute Gasteiger partial charge is 0.144 e. The van der Waals surface area contributed by atoms with E-state index in [2.05, 4.69) is 15.9 Å². The van der Waals surface area contributed by atoms with Crippen molar-refractivity contribution in [2.45, 2.75) is 12.2 Å². The largest absolute Gasteiger partial charge is 0.232 e. The molecule has 74 valence electrons. The molecule has 0 aliphatic rings. The van der Waals surface area contributed by atoms with Gasteiger partial charge in [0, 0.05) is 4.47 Å². The van der Waals surface area contributed by atoms with E-state index < -0.39 is 10.7 Å². The highest BCUT2D eigenvalue weighted by Crippen LogP contribution is 2.17. The molecule has 0 saturated heterocycles. The maximum atomic E-state index is 10.6. The van der Waals surface area contributed by atoms with Crippen molar-refractivity contribution in [2.75, 3.05) is 0 Å². The normalized spacial score (nSPS) is 10.1. The number of rotatable bonds is 3. The first-order valence-corrected chi connectivity index (χ1v) is 6.05. The third kappa shape index (κ3) is 3.13. The van der Waals surface area contributed by atoms with Gasteiger partial charge in [-0.25, -0.2) is 8.42 Å². The zero-order valence-electron chi connectivity index (χ0n) is 7.24. The van der Waals surface area contributed by atoms with Crippen LogP contribution in [0.5, 0.6) is 0 Å². The van der Waals surface area contributed by atoms with Gasteiger partial charge in [-0.3, -0.25) is 0 Å². The van der Waals surface area contributed by atoms with Crippen LogP contribution in [0.3, 0.4) is 0 Å². The van der Waals surface area contributed by atoms with Crippen molar-refractivity contribution >= 4 is 26.6 Å². The van der Waals surface area contributed by atoms with Crippen molar-refractivity contribution in [3.05, 3.63) is 33.8 Å². The molecule has 0 saturated carbocycles. The van der Waals surface area contributed by atoms with Gasteiger partial charge in [-0.1, -0.05) is 22.0 Å². The van der Waals surface area contributed by atoms with Gasteiger partial charge in [-0.15, -0.1) is 0 Å². The molecule has 0 aromatic heterocycles. The molecule has 0 amide bonds. The molecular weight excluding hydrogens is 266 g/mol. The molecule has 5 heteroatoms. The molecular formula is C9H8BrNO2S. The van der Waals surface area contributed by atoms with E-state index in [1.54, 1.807) is 18.2 Å². The number of thiol groups is 1. The van der Waals surface area contributed by atoms with Crippen molar-refractivity contribution < 1.29 is 8.42 Å². The molecule has 0 aliphatic heterocycles. The molecule has 0 heterocycles. The average Bonchev–Trinajstić information content (AvgIpc) is 2.09. The minimum absolute atomic E-state index is 0.00815. The van der Waals surface area contributed by atoms with Crippen LogP contribution in [-0.2, 0) is 22.9 Å². The Balaban J connectivity index is 3.09. The van der Waals surface area contributed by atoms with E-state index in [1.807, 2.05) is 6.07 Å². The average molecular weight is 274 g/mol. The van der Waals surface area contributed by atoms with Gasteiger partial charge in [0.1, 0.15) is 10.7 Å². The van der Waals surface area contributed by atoms with Crippen LogP contribution in [0.15, 0.2) is 22.7 Å². The maximum Gasteiger partial charge on any atom is 0.144 e. The predicted molar refractivity (Wildman–Crippen MR) is 57.5 cm³/mol. The van der Waals surface area contributed by atoms with E-state index in [0.717, 1.165) is 10.0 Å². The SMILES string of the molecule is N#CCc1ccc(Br)cc1C[SH](=O)=O. The summed E-state index contributed by atoms with van der Waals surface area (Å²) < 4.78 is 22.0. The van der Waals surface area contributed by atoms with Gasteiger partial charge in [0.05, 0.1) is 18.2 Å². The van der Waals surface area contributed by atoms with Crippen LogP contribution in [0.1, 0.15) is 11.1 Å². The molecule has 3 nitrogen and oxygen atoms in total. The minimum atomic E-state index is -2.45. The lowest BCUT2D eigenvalue weighted by Crippen LogP contribution is -1.94. The highest BCUT2D eigenvalue weighted by atomic mass is 79.9. The van der Waals surface area contributed by atoms with Gasteiger partial charge in [0.15, 0.2) is 0 Å². The molecule has 0 N–H and O–H groups in total. The van der Waals surface area contributed by atoms with Crippen LogP contribution in [0.25, 0.3) is 0 Å². The second-order valence-corrected chi connectivity index (χ2v) is 4.64. The number of nitriles is 1. The lowest BCUT2D eigenvalue weighted by atomic mass is 10.1. The Morgan fingerprint density at radius 3 is 2.64 bits per heavy atom. The number of hydrogen-bond donors (Lipinski definition) is 1. The number of benzene rings is 1. The number of hydrogen-bond acceptors (Lipinski definition) is 3. The van der Waals surface area contributed by atoms with Crippen molar-refractivity contribution in [1.29, 1.82) is 5.26 Å². The van der Waals surface area contributed by atoms with Crippen LogP contribution in [0.2, 0.25) is 0 Å². The molecule has 0 atom stereocenters. The van der Waals surface area contributed by atoms with Crippen molar-refractivity contribution in [3.8, 4) is 6.07 Å². The first-order chi connectivity index (χ1) is 6.63. The summed E-state index contributed by atoms with van der Waals surface area (Å²) in [6, 6.07) is 7.30. The van der Waals surface area contributed by atoms with Gasteiger partial charge >= 0.3 is 0 Å². The van der Waals surface area contributed by atoms with Gasteiger partial charge in [0.25, 0.3) is 0 Å². The Morgan fingerprint density at radius 2 is 2.07 bits per heavy atom. The molecule has 1 aromatic carbocycles. The van der Waals surface area contributed by atoms with Crippen LogP contribution in [-0.4, -0.2) is 8.42 Å². The minimum Gasteiger partial charge on any atom is -0.232 e. The lowest BCUT2D eigenvalue weighted by Gasteiger charge is -2.03. The summed E-state index contributed by atoms with van der Waals surface area (Å²) in [6.45, 7) is 0. The Bertz CT molecular complexity index is 441. The van der Waals surface area contributed by atoms with Gasteiger partial charge in [-0.2, -0.15) is 5.26 Å². The monoisotopic (exact) mass is 273 g/mol. The standard InChI is InChI=1S/C9H8BrNO2S/c10-9-2-1-7(3-4-11)8(5-9)6-14(12)13/h1-2,5,14H,3,6H2. The predicted octanol–water partition coefficient (Wildman–Crippen LogP) is 1.63. The maximum absolute atomic E-state index is 10.6. The molecule has 1 aromatic rings. The third-order valence-corrected chi connectivity index (χ3v) is 2.83. The Hall–Kier alpha value is -0.860. The summed E-state index contributed by atoms with van der Waals surface area (Å²) in [4.78, 5) is 0. The first-order valence-electron chi connectivity index (χ1n) is 3.89. The van der Waals surface area contributed by atoms with Gasteiger partial charge in [0.2, 0.25) is 0 Å².